The molecule has 0 saturated carbocycles. The molecule has 3 aromatic rings. The second-order valence-electron chi connectivity index (χ2n) is 10.1. The highest BCUT2D eigenvalue weighted by Gasteiger charge is 2.33. The number of carbonyl (C=O) groups excluding carboxylic acids is 1. The van der Waals surface area contributed by atoms with E-state index in [9.17, 15) is 9.18 Å². The lowest BCUT2D eigenvalue weighted by molar-refractivity contribution is 0.0933. The highest BCUT2D eigenvalue weighted by Crippen LogP contribution is 2.35. The molecule has 3 aromatic carbocycles. The van der Waals surface area contributed by atoms with Crippen LogP contribution in [-0.2, 0) is 11.8 Å². The van der Waals surface area contributed by atoms with Crippen LogP contribution in [0.2, 0.25) is 0 Å². The minimum atomic E-state index is -0.317. The second kappa shape index (κ2) is 9.94. The smallest absolute Gasteiger partial charge is 0.169 e. The van der Waals surface area contributed by atoms with Gasteiger partial charge in [-0.3, -0.25) is 4.79 Å². The highest BCUT2D eigenvalue weighted by atomic mass is 19.1. The maximum absolute atomic E-state index is 13.3. The molecule has 2 nitrogen and oxygen atoms in total. The molecule has 2 aliphatic carbocycles. The van der Waals surface area contributed by atoms with Crippen molar-refractivity contribution in [3.8, 4) is 11.1 Å². The molecule has 1 unspecified atom stereocenters. The molecule has 1 atom stereocenters. The van der Waals surface area contributed by atoms with Gasteiger partial charge >= 0.3 is 0 Å². The van der Waals surface area contributed by atoms with Crippen molar-refractivity contribution >= 4 is 17.9 Å². The van der Waals surface area contributed by atoms with Crippen molar-refractivity contribution in [2.24, 2.45) is 5.92 Å². The van der Waals surface area contributed by atoms with E-state index >= 15 is 0 Å². The van der Waals surface area contributed by atoms with Gasteiger partial charge in [-0.05, 0) is 87.4 Å². The van der Waals surface area contributed by atoms with E-state index in [2.05, 4.69) is 67.7 Å². The van der Waals surface area contributed by atoms with E-state index in [1.807, 2.05) is 36.7 Å². The van der Waals surface area contributed by atoms with Crippen molar-refractivity contribution < 1.29 is 9.18 Å². The van der Waals surface area contributed by atoms with Crippen LogP contribution in [0, 0.1) is 11.7 Å². The summed E-state index contributed by atoms with van der Waals surface area (Å²) in [6, 6.07) is 18.9. The number of benzene rings is 3. The molecule has 1 aliphatic heterocycles. The van der Waals surface area contributed by atoms with Gasteiger partial charge in [-0.2, -0.15) is 0 Å². The Hall–Kier alpha value is -3.98. The van der Waals surface area contributed by atoms with Crippen LogP contribution in [-0.4, -0.2) is 5.78 Å². The zero-order chi connectivity index (χ0) is 25.1. The standard InChI is InChI=1S/C27H23FO.C6H7N/c1-27(2)16-19(26(29)18-7-10-20(28)11-8-18)15-24-23-12-9-17-5-3-4-6-21(17)22(23)13-14-25(24)27;1-2-4-6-7-5-3-1/h3-8,10-15,19H,9,16H2,1-2H3;1-7H. The minimum absolute atomic E-state index is 0.0672. The lowest BCUT2D eigenvalue weighted by Gasteiger charge is -2.34. The van der Waals surface area contributed by atoms with Gasteiger partial charge in [0.25, 0.3) is 0 Å². The Morgan fingerprint density at radius 3 is 2.33 bits per heavy atom. The Bertz CT molecular complexity index is 1490. The number of halogens is 1. The zero-order valence-corrected chi connectivity index (χ0v) is 20.7. The number of allylic oxidation sites excluding steroid dienone is 4. The number of rotatable bonds is 2. The summed E-state index contributed by atoms with van der Waals surface area (Å²) in [7, 11) is 0. The molecule has 0 spiro atoms. The molecular formula is C33H30FNO. The van der Waals surface area contributed by atoms with Crippen LogP contribution in [0.3, 0.4) is 0 Å². The largest absolute Gasteiger partial charge is 0.368 e. The van der Waals surface area contributed by atoms with Crippen LogP contribution in [0.25, 0.3) is 23.3 Å². The van der Waals surface area contributed by atoms with Crippen molar-refractivity contribution in [1.29, 1.82) is 0 Å². The number of carbonyl (C=O) groups is 1. The molecule has 0 fully saturated rings. The van der Waals surface area contributed by atoms with Gasteiger partial charge in [-0.15, -0.1) is 0 Å². The number of fused-ring (bicyclic) bond motifs is 5. The molecule has 3 heteroatoms. The van der Waals surface area contributed by atoms with Gasteiger partial charge in [0.15, 0.2) is 5.78 Å². The molecule has 0 aromatic heterocycles. The first-order valence-corrected chi connectivity index (χ1v) is 12.4. The van der Waals surface area contributed by atoms with Crippen LogP contribution < -0.4 is 15.8 Å². The average molecular weight is 476 g/mol. The quantitative estimate of drug-likeness (QED) is 0.463. The summed E-state index contributed by atoms with van der Waals surface area (Å²) in [5, 5.41) is 5.35. The molecular weight excluding hydrogens is 445 g/mol. The number of ketones is 1. The van der Waals surface area contributed by atoms with Crippen LogP contribution in [0.4, 0.5) is 4.39 Å². The topological polar surface area (TPSA) is 29.1 Å². The lowest BCUT2D eigenvalue weighted by Crippen LogP contribution is -2.43. The van der Waals surface area contributed by atoms with E-state index in [0.29, 0.717) is 5.56 Å². The summed E-state index contributed by atoms with van der Waals surface area (Å²) in [4.78, 5) is 13.2. The third-order valence-corrected chi connectivity index (χ3v) is 7.13. The van der Waals surface area contributed by atoms with Crippen molar-refractivity contribution in [3.05, 3.63) is 130 Å². The number of hydrogen-bond donors (Lipinski definition) is 1. The van der Waals surface area contributed by atoms with E-state index in [1.54, 1.807) is 12.1 Å². The van der Waals surface area contributed by atoms with E-state index in [-0.39, 0.29) is 22.9 Å². The molecule has 36 heavy (non-hydrogen) atoms. The Labute approximate surface area is 211 Å². The third kappa shape index (κ3) is 4.74. The van der Waals surface area contributed by atoms with Gasteiger partial charge in [-0.1, -0.05) is 74.5 Å². The first-order chi connectivity index (χ1) is 17.4. The summed E-state index contributed by atoms with van der Waals surface area (Å²) in [5.41, 5.74) is 5.64. The summed E-state index contributed by atoms with van der Waals surface area (Å²) in [5.74, 6) is -0.459. The fourth-order valence-corrected chi connectivity index (χ4v) is 5.36. The van der Waals surface area contributed by atoms with E-state index in [4.69, 9.17) is 0 Å². The lowest BCUT2D eigenvalue weighted by atomic mass is 9.69. The summed E-state index contributed by atoms with van der Waals surface area (Å²) < 4.78 is 13.3. The van der Waals surface area contributed by atoms with Gasteiger partial charge in [0.05, 0.1) is 0 Å². The SMILES string of the molecule is C1=CC=CNC=C1.CC1(C)CC(C(=O)c2ccc(F)cc2)C=c2c1ccc1c2=CCc2ccccc2-1. The molecule has 0 saturated heterocycles. The molecule has 1 heterocycles. The number of nitrogens with one attached hydrogen (secondary N) is 1. The minimum Gasteiger partial charge on any atom is -0.368 e. The van der Waals surface area contributed by atoms with Crippen LogP contribution in [0.1, 0.15) is 41.8 Å². The predicted octanol–water partition coefficient (Wildman–Crippen LogP) is 5.96. The van der Waals surface area contributed by atoms with Crippen molar-refractivity contribution in [2.75, 3.05) is 0 Å². The fourth-order valence-electron chi connectivity index (χ4n) is 5.36. The molecule has 1 N–H and O–H groups in total. The summed E-state index contributed by atoms with van der Waals surface area (Å²) in [6.45, 7) is 4.43. The first-order valence-electron chi connectivity index (χ1n) is 12.4. The molecule has 6 rings (SSSR count). The summed E-state index contributed by atoms with van der Waals surface area (Å²) >= 11 is 0. The van der Waals surface area contributed by atoms with E-state index in [1.165, 1.54) is 44.8 Å². The monoisotopic (exact) mass is 475 g/mol. The van der Waals surface area contributed by atoms with Crippen LogP contribution >= 0.6 is 0 Å². The van der Waals surface area contributed by atoms with Crippen LogP contribution in [0.15, 0.2) is 97.4 Å². The molecule has 0 radical (unpaired) electrons. The Kier molecular flexibility index (Phi) is 6.56. The first kappa shape index (κ1) is 23.7. The maximum Gasteiger partial charge on any atom is 0.169 e. The molecule has 180 valence electrons. The molecule has 3 aliphatic rings. The Morgan fingerprint density at radius 1 is 0.861 bits per heavy atom. The molecule has 0 bridgehead atoms. The van der Waals surface area contributed by atoms with Crippen molar-refractivity contribution in [3.63, 3.8) is 0 Å². The number of Topliss-reactive ketones (excluding diaryl/α,β-unsaturated/α-hetero) is 1. The normalized spacial score (nSPS) is 18.0. The second-order valence-corrected chi connectivity index (χ2v) is 10.1. The average Bonchev–Trinajstić information content (AvgIpc) is 3.22. The van der Waals surface area contributed by atoms with E-state index < -0.39 is 0 Å². The van der Waals surface area contributed by atoms with Crippen molar-refractivity contribution in [1.82, 2.24) is 5.32 Å². The Morgan fingerprint density at radius 2 is 1.58 bits per heavy atom. The summed E-state index contributed by atoms with van der Waals surface area (Å²) in [6.07, 6.45) is 17.7. The van der Waals surface area contributed by atoms with Gasteiger partial charge in [0.1, 0.15) is 5.82 Å². The van der Waals surface area contributed by atoms with Crippen LogP contribution in [0.5, 0.6) is 0 Å². The van der Waals surface area contributed by atoms with E-state index in [0.717, 1.165) is 12.8 Å². The van der Waals surface area contributed by atoms with Gasteiger partial charge in [0.2, 0.25) is 0 Å². The van der Waals surface area contributed by atoms with Gasteiger partial charge in [-0.25, -0.2) is 4.39 Å². The maximum atomic E-state index is 13.3. The fraction of sp³-hybridized carbons (Fsp3) is 0.182. The number of hydrogen-bond acceptors (Lipinski definition) is 2. The van der Waals surface area contributed by atoms with Gasteiger partial charge in [0, 0.05) is 23.9 Å². The highest BCUT2D eigenvalue weighted by molar-refractivity contribution is 6.01. The zero-order valence-electron chi connectivity index (χ0n) is 20.7. The predicted molar refractivity (Wildman–Crippen MR) is 146 cm³/mol. The third-order valence-electron chi connectivity index (χ3n) is 7.13. The van der Waals surface area contributed by atoms with Crippen molar-refractivity contribution in [2.45, 2.75) is 32.1 Å². The molecule has 0 amide bonds. The Balaban J connectivity index is 0.000000330. The van der Waals surface area contributed by atoms with Gasteiger partial charge < -0.3 is 5.32 Å².